The highest BCUT2D eigenvalue weighted by molar-refractivity contribution is 5.94. The molecule has 120 valence electrons. The van der Waals surface area contributed by atoms with Crippen molar-refractivity contribution >= 4 is 5.91 Å². The van der Waals surface area contributed by atoms with Crippen LogP contribution in [0.3, 0.4) is 0 Å². The number of nitrogens with zero attached hydrogens (tertiary/aromatic N) is 2. The fourth-order valence-electron chi connectivity index (χ4n) is 3.13. The molecular weight excluding hydrogens is 302 g/mol. The number of aliphatic hydroxyl groups is 1. The van der Waals surface area contributed by atoms with E-state index in [-0.39, 0.29) is 11.9 Å². The van der Waals surface area contributed by atoms with Crippen LogP contribution in [0.2, 0.25) is 0 Å². The number of pyridine rings is 1. The summed E-state index contributed by atoms with van der Waals surface area (Å²) in [6, 6.07) is 14.8. The van der Waals surface area contributed by atoms with Crippen LogP contribution in [0.25, 0.3) is 5.82 Å². The molecule has 1 amide bonds. The van der Waals surface area contributed by atoms with E-state index in [1.807, 2.05) is 53.4 Å². The molecule has 1 aliphatic rings. The molecule has 0 spiro atoms. The van der Waals surface area contributed by atoms with Crippen molar-refractivity contribution in [3.8, 4) is 5.82 Å². The van der Waals surface area contributed by atoms with Crippen molar-refractivity contribution < 1.29 is 9.90 Å². The Bertz CT molecular complexity index is 857. The number of rotatable bonds is 3. The molecule has 0 saturated carbocycles. The van der Waals surface area contributed by atoms with Crippen molar-refractivity contribution in [2.75, 3.05) is 0 Å². The molecule has 0 aliphatic heterocycles. The monoisotopic (exact) mass is 319 g/mol. The second-order valence-electron chi connectivity index (χ2n) is 5.92. The fourth-order valence-corrected chi connectivity index (χ4v) is 3.13. The van der Waals surface area contributed by atoms with E-state index >= 15 is 0 Å². The quantitative estimate of drug-likeness (QED) is 0.778. The highest BCUT2D eigenvalue weighted by Crippen LogP contribution is 2.31. The molecule has 0 saturated heterocycles. The van der Waals surface area contributed by atoms with Gasteiger partial charge in [-0.15, -0.1) is 0 Å². The van der Waals surface area contributed by atoms with Crippen LogP contribution in [0.1, 0.15) is 27.5 Å². The van der Waals surface area contributed by atoms with Crippen LogP contribution in [-0.2, 0) is 6.42 Å². The first-order valence-electron chi connectivity index (χ1n) is 7.88. The maximum atomic E-state index is 12.5. The molecule has 0 bridgehead atoms. The Hall–Kier alpha value is -2.92. The third kappa shape index (κ3) is 2.59. The zero-order valence-corrected chi connectivity index (χ0v) is 13.0. The number of hydrogen-bond donors (Lipinski definition) is 2. The summed E-state index contributed by atoms with van der Waals surface area (Å²) >= 11 is 0. The predicted molar refractivity (Wildman–Crippen MR) is 89.9 cm³/mol. The van der Waals surface area contributed by atoms with E-state index in [4.69, 9.17) is 0 Å². The van der Waals surface area contributed by atoms with Crippen molar-refractivity contribution in [3.63, 3.8) is 0 Å². The van der Waals surface area contributed by atoms with Gasteiger partial charge >= 0.3 is 0 Å². The number of carbonyl (C=O) groups excluding carboxylic acids is 1. The summed E-state index contributed by atoms with van der Waals surface area (Å²) in [7, 11) is 0. The van der Waals surface area contributed by atoms with Crippen LogP contribution < -0.4 is 5.32 Å². The molecule has 1 aromatic carbocycles. The summed E-state index contributed by atoms with van der Waals surface area (Å²) in [5.41, 5.74) is 2.54. The molecule has 2 N–H and O–H groups in total. The second kappa shape index (κ2) is 5.94. The summed E-state index contributed by atoms with van der Waals surface area (Å²) in [4.78, 5) is 16.8. The lowest BCUT2D eigenvalue weighted by atomic mass is 10.1. The summed E-state index contributed by atoms with van der Waals surface area (Å²) in [6.07, 6.45) is 5.31. The summed E-state index contributed by atoms with van der Waals surface area (Å²) in [5.74, 6) is 0.519. The maximum Gasteiger partial charge on any atom is 0.253 e. The fraction of sp³-hybridized carbons (Fsp3) is 0.158. The van der Waals surface area contributed by atoms with Gasteiger partial charge in [-0.25, -0.2) is 4.98 Å². The van der Waals surface area contributed by atoms with E-state index in [0.717, 1.165) is 16.9 Å². The largest absolute Gasteiger partial charge is 0.390 e. The van der Waals surface area contributed by atoms with Crippen LogP contribution in [-0.4, -0.2) is 26.7 Å². The van der Waals surface area contributed by atoms with Crippen molar-refractivity contribution in [2.24, 2.45) is 0 Å². The van der Waals surface area contributed by atoms with Crippen LogP contribution in [0, 0.1) is 0 Å². The van der Waals surface area contributed by atoms with Gasteiger partial charge in [-0.1, -0.05) is 24.3 Å². The van der Waals surface area contributed by atoms with E-state index in [2.05, 4.69) is 10.3 Å². The van der Waals surface area contributed by atoms with Gasteiger partial charge < -0.3 is 15.0 Å². The summed E-state index contributed by atoms with van der Waals surface area (Å²) in [6.45, 7) is 0. The third-order valence-electron chi connectivity index (χ3n) is 4.37. The van der Waals surface area contributed by atoms with Gasteiger partial charge in [0.15, 0.2) is 0 Å². The lowest BCUT2D eigenvalue weighted by Gasteiger charge is -2.18. The van der Waals surface area contributed by atoms with E-state index in [0.29, 0.717) is 12.0 Å². The van der Waals surface area contributed by atoms with Gasteiger partial charge in [-0.3, -0.25) is 4.79 Å². The van der Waals surface area contributed by atoms with Crippen molar-refractivity contribution in [1.29, 1.82) is 0 Å². The average molecular weight is 319 g/mol. The molecule has 5 heteroatoms. The van der Waals surface area contributed by atoms with Crippen molar-refractivity contribution in [3.05, 3.63) is 83.8 Å². The minimum atomic E-state index is -0.599. The highest BCUT2D eigenvalue weighted by atomic mass is 16.3. The number of hydrogen-bond acceptors (Lipinski definition) is 3. The molecule has 24 heavy (non-hydrogen) atoms. The normalized spacial score (nSPS) is 19.0. The number of aliphatic hydroxyl groups excluding tert-OH is 1. The Morgan fingerprint density at radius 2 is 1.92 bits per heavy atom. The van der Waals surface area contributed by atoms with Crippen LogP contribution >= 0.6 is 0 Å². The highest BCUT2D eigenvalue weighted by Gasteiger charge is 2.32. The number of aromatic nitrogens is 2. The van der Waals surface area contributed by atoms with Crippen LogP contribution in [0.5, 0.6) is 0 Å². The Balaban J connectivity index is 1.52. The molecule has 4 rings (SSSR count). The first kappa shape index (κ1) is 14.7. The lowest BCUT2D eigenvalue weighted by molar-refractivity contribution is 0.0858. The van der Waals surface area contributed by atoms with E-state index in [9.17, 15) is 9.90 Å². The average Bonchev–Trinajstić information content (AvgIpc) is 3.24. The minimum absolute atomic E-state index is 0.234. The SMILES string of the molecule is O=C(NC1c2ccccc2CC1O)c1ccc(-n2cccc2)nc1. The number of benzene rings is 1. The molecule has 5 nitrogen and oxygen atoms in total. The molecule has 2 unspecified atom stereocenters. The van der Waals surface area contributed by atoms with E-state index < -0.39 is 6.10 Å². The Kier molecular flexibility index (Phi) is 3.63. The van der Waals surface area contributed by atoms with E-state index in [1.165, 1.54) is 0 Å². The van der Waals surface area contributed by atoms with Gasteiger partial charge in [0.2, 0.25) is 0 Å². The minimum Gasteiger partial charge on any atom is -0.390 e. The lowest BCUT2D eigenvalue weighted by Crippen LogP contribution is -2.33. The summed E-state index contributed by atoms with van der Waals surface area (Å²) < 4.78 is 1.87. The second-order valence-corrected chi connectivity index (χ2v) is 5.92. The predicted octanol–water partition coefficient (Wildman–Crippen LogP) is 2.26. The van der Waals surface area contributed by atoms with Crippen molar-refractivity contribution in [2.45, 2.75) is 18.6 Å². The van der Waals surface area contributed by atoms with Crippen LogP contribution in [0.4, 0.5) is 0 Å². The first-order chi connectivity index (χ1) is 11.7. The molecule has 3 aromatic rings. The number of amides is 1. The van der Waals surface area contributed by atoms with Crippen molar-refractivity contribution in [1.82, 2.24) is 14.9 Å². The Morgan fingerprint density at radius 3 is 2.67 bits per heavy atom. The molecular formula is C19H17N3O2. The molecule has 0 fully saturated rings. The molecule has 0 radical (unpaired) electrons. The Morgan fingerprint density at radius 1 is 1.12 bits per heavy atom. The standard InChI is InChI=1S/C19H17N3O2/c23-16-11-13-5-1-2-6-15(13)18(16)21-19(24)14-7-8-17(20-12-14)22-9-3-4-10-22/h1-10,12,16,18,23H,11H2,(H,21,24). The molecule has 2 atom stereocenters. The third-order valence-corrected chi connectivity index (χ3v) is 4.37. The maximum absolute atomic E-state index is 12.5. The molecule has 1 aliphatic carbocycles. The Labute approximate surface area is 139 Å². The van der Waals surface area contributed by atoms with Gasteiger partial charge in [-0.05, 0) is 35.4 Å². The zero-order chi connectivity index (χ0) is 16.5. The van der Waals surface area contributed by atoms with E-state index in [1.54, 1.807) is 18.3 Å². The zero-order valence-electron chi connectivity index (χ0n) is 13.0. The number of nitrogens with one attached hydrogen (secondary N) is 1. The van der Waals surface area contributed by atoms with Gasteiger partial charge in [0.1, 0.15) is 5.82 Å². The first-order valence-corrected chi connectivity index (χ1v) is 7.88. The number of fused-ring (bicyclic) bond motifs is 1. The summed E-state index contributed by atoms with van der Waals surface area (Å²) in [5, 5.41) is 13.2. The topological polar surface area (TPSA) is 67.2 Å². The van der Waals surface area contributed by atoms with Crippen LogP contribution in [0.15, 0.2) is 67.1 Å². The molecule has 2 aromatic heterocycles. The smallest absolute Gasteiger partial charge is 0.253 e. The number of carbonyl (C=O) groups is 1. The van der Waals surface area contributed by atoms with Gasteiger partial charge in [0.05, 0.1) is 17.7 Å². The molecule has 2 heterocycles. The van der Waals surface area contributed by atoms with Gasteiger partial charge in [0, 0.05) is 25.0 Å². The van der Waals surface area contributed by atoms with Gasteiger partial charge in [-0.2, -0.15) is 0 Å². The van der Waals surface area contributed by atoms with Gasteiger partial charge in [0.25, 0.3) is 5.91 Å².